The molecule has 2 bridgehead atoms. The Morgan fingerprint density at radius 2 is 2.03 bits per heavy atom. The van der Waals surface area contributed by atoms with Crippen LogP contribution in [0.2, 0.25) is 0 Å². The van der Waals surface area contributed by atoms with E-state index in [-0.39, 0.29) is 29.4 Å². The Kier molecular flexibility index (Phi) is 4.80. The summed E-state index contributed by atoms with van der Waals surface area (Å²) in [6, 6.07) is -0.130. The highest BCUT2D eigenvalue weighted by atomic mass is 16.5. The maximum Gasteiger partial charge on any atom is 0.265 e. The summed E-state index contributed by atoms with van der Waals surface area (Å²) in [6.45, 7) is 4.84. The van der Waals surface area contributed by atoms with Gasteiger partial charge in [-0.3, -0.25) is 9.69 Å². The Bertz CT molecular complexity index is 914. The second-order valence-corrected chi connectivity index (χ2v) is 9.61. The van der Waals surface area contributed by atoms with Crippen molar-refractivity contribution < 1.29 is 19.2 Å². The molecule has 2 saturated carbocycles. The molecule has 0 spiro atoms. The molecule has 4 aliphatic carbocycles. The van der Waals surface area contributed by atoms with Gasteiger partial charge in [-0.2, -0.15) is 0 Å². The minimum atomic E-state index is -0.130. The number of hydrogen-bond donors (Lipinski definition) is 1. The molecule has 1 N–H and O–H groups in total. The molecule has 0 aliphatic heterocycles. The first-order valence-corrected chi connectivity index (χ1v) is 11.4. The molecule has 6 nitrogen and oxygen atoms in total. The number of aromatic nitrogens is 1. The van der Waals surface area contributed by atoms with Gasteiger partial charge in [-0.25, -0.2) is 0 Å². The van der Waals surface area contributed by atoms with Crippen molar-refractivity contribution >= 4 is 11.5 Å². The van der Waals surface area contributed by atoms with Crippen molar-refractivity contribution in [1.82, 2.24) is 10.1 Å². The van der Waals surface area contributed by atoms with E-state index in [1.807, 2.05) is 14.1 Å². The molecule has 0 radical (unpaired) electrons. The first-order chi connectivity index (χ1) is 14.5. The van der Waals surface area contributed by atoms with E-state index in [9.17, 15) is 9.90 Å². The Morgan fingerprint density at radius 1 is 1.27 bits per heavy atom. The number of ether oxygens (including phenoxy) is 1. The van der Waals surface area contributed by atoms with Crippen LogP contribution >= 0.6 is 0 Å². The van der Waals surface area contributed by atoms with Gasteiger partial charge in [0.15, 0.2) is 11.5 Å². The van der Waals surface area contributed by atoms with Crippen molar-refractivity contribution in [1.29, 1.82) is 0 Å². The van der Waals surface area contributed by atoms with Crippen LogP contribution in [-0.2, 0) is 4.79 Å². The molecule has 1 aromatic rings. The number of nitrogens with zero attached hydrogens (tertiary/aromatic N) is 2. The average molecular weight is 413 g/mol. The smallest absolute Gasteiger partial charge is 0.265 e. The van der Waals surface area contributed by atoms with Crippen molar-refractivity contribution in [2.75, 3.05) is 20.7 Å². The Morgan fingerprint density at radius 3 is 2.73 bits per heavy atom. The van der Waals surface area contributed by atoms with Crippen LogP contribution in [0.5, 0.6) is 5.88 Å². The number of aliphatic hydroxyl groups excluding tert-OH is 1. The molecule has 162 valence electrons. The number of carbonyl (C=O) groups excluding carboxylic acids is 1. The summed E-state index contributed by atoms with van der Waals surface area (Å²) < 4.78 is 11.6. The molecule has 1 aromatic heterocycles. The quantitative estimate of drug-likeness (QED) is 0.551. The molecular formula is C24H32N2O4. The third-order valence-corrected chi connectivity index (χ3v) is 7.97. The maximum absolute atomic E-state index is 13.8. The number of rotatable bonds is 6. The highest BCUT2D eigenvalue weighted by Gasteiger charge is 2.60. The number of carbonyl (C=O) groups is 1. The number of aliphatic hydroxyl groups is 1. The van der Waals surface area contributed by atoms with Gasteiger partial charge in [-0.1, -0.05) is 38.8 Å². The standard InChI is InChI=1S/C24H32N2O4/c1-5-7-10-29-24-19-22(28)18-16(20(26(3)4)23(19)30-25-24)11-15-13-8-9-14(12(13)6-2)17(15)21(18)27/h8-9,12-17,20,28H,5-7,10-11H2,1-4H3/t12?,13-,14+,15-,16+,17+,20+/m0/s1. The number of hydrogen-bond acceptors (Lipinski definition) is 6. The summed E-state index contributed by atoms with van der Waals surface area (Å²) in [6.07, 6.45) is 8.49. The van der Waals surface area contributed by atoms with Crippen molar-refractivity contribution in [3.05, 3.63) is 29.0 Å². The zero-order valence-corrected chi connectivity index (χ0v) is 18.3. The highest BCUT2D eigenvalue weighted by Crippen LogP contribution is 2.62. The fraction of sp³-hybridized carbons (Fsp3) is 0.667. The summed E-state index contributed by atoms with van der Waals surface area (Å²) in [5.41, 5.74) is 1.05. The lowest BCUT2D eigenvalue weighted by atomic mass is 9.62. The lowest BCUT2D eigenvalue weighted by Gasteiger charge is -2.43. The van der Waals surface area contributed by atoms with E-state index in [0.29, 0.717) is 53.1 Å². The fourth-order valence-corrected chi connectivity index (χ4v) is 6.77. The minimum Gasteiger partial charge on any atom is -0.507 e. The van der Waals surface area contributed by atoms with Gasteiger partial charge in [-0.15, -0.1) is 0 Å². The molecule has 1 heterocycles. The maximum atomic E-state index is 13.8. The SMILES string of the molecule is CCCCOc1noc2c1C(O)=C1C(=O)[C@H]3[C@@H](C[C@H]1[C@H]2N(C)C)[C@H]1C=C[C@@H]3C1CC. The van der Waals surface area contributed by atoms with Crippen molar-refractivity contribution in [3.63, 3.8) is 0 Å². The molecule has 6 heteroatoms. The Hall–Kier alpha value is -2.08. The number of unbranched alkanes of at least 4 members (excludes halogenated alkanes) is 1. The Balaban J connectivity index is 1.59. The van der Waals surface area contributed by atoms with Gasteiger partial charge in [0.05, 0.1) is 12.6 Å². The van der Waals surface area contributed by atoms with E-state index in [2.05, 4.69) is 36.1 Å². The van der Waals surface area contributed by atoms with Crippen LogP contribution in [0, 0.1) is 35.5 Å². The van der Waals surface area contributed by atoms with Gasteiger partial charge in [0, 0.05) is 17.4 Å². The van der Waals surface area contributed by atoms with Gasteiger partial charge < -0.3 is 14.4 Å². The van der Waals surface area contributed by atoms with Crippen LogP contribution in [-0.4, -0.2) is 41.6 Å². The van der Waals surface area contributed by atoms with Crippen LogP contribution in [0.15, 0.2) is 22.2 Å². The average Bonchev–Trinajstić information content (AvgIpc) is 3.39. The number of fused-ring (bicyclic) bond motifs is 7. The van der Waals surface area contributed by atoms with Gasteiger partial charge >= 0.3 is 0 Å². The van der Waals surface area contributed by atoms with E-state index >= 15 is 0 Å². The predicted octanol–water partition coefficient (Wildman–Crippen LogP) is 4.40. The predicted molar refractivity (Wildman–Crippen MR) is 113 cm³/mol. The normalized spacial score (nSPS) is 36.3. The largest absolute Gasteiger partial charge is 0.507 e. The van der Waals surface area contributed by atoms with Crippen molar-refractivity contribution in [3.8, 4) is 5.88 Å². The van der Waals surface area contributed by atoms with E-state index in [0.717, 1.165) is 25.7 Å². The molecule has 0 saturated heterocycles. The molecule has 5 rings (SSSR count). The zero-order chi connectivity index (χ0) is 21.2. The summed E-state index contributed by atoms with van der Waals surface area (Å²) in [5, 5.41) is 15.4. The van der Waals surface area contributed by atoms with Crippen LogP contribution in [0.4, 0.5) is 0 Å². The highest BCUT2D eigenvalue weighted by molar-refractivity contribution is 6.06. The monoisotopic (exact) mass is 412 g/mol. The van der Waals surface area contributed by atoms with Crippen LogP contribution < -0.4 is 4.74 Å². The molecule has 7 atom stereocenters. The molecule has 30 heavy (non-hydrogen) atoms. The van der Waals surface area contributed by atoms with Gasteiger partial charge in [0.1, 0.15) is 11.3 Å². The second-order valence-electron chi connectivity index (χ2n) is 9.61. The Labute approximate surface area is 177 Å². The molecular weight excluding hydrogens is 380 g/mol. The van der Waals surface area contributed by atoms with Crippen LogP contribution in [0.25, 0.3) is 5.76 Å². The molecule has 0 amide bonds. The lowest BCUT2D eigenvalue weighted by molar-refractivity contribution is -0.124. The van der Waals surface area contributed by atoms with Crippen molar-refractivity contribution in [2.24, 2.45) is 35.5 Å². The van der Waals surface area contributed by atoms with E-state index in [4.69, 9.17) is 9.26 Å². The van der Waals surface area contributed by atoms with Gasteiger partial charge in [0.25, 0.3) is 5.88 Å². The molecule has 4 aliphatic rings. The summed E-state index contributed by atoms with van der Waals surface area (Å²) in [4.78, 5) is 15.9. The first-order valence-electron chi connectivity index (χ1n) is 11.4. The number of allylic oxidation sites excluding steroid dienone is 2. The first kappa shape index (κ1) is 19.9. The third-order valence-electron chi connectivity index (χ3n) is 7.97. The van der Waals surface area contributed by atoms with E-state index in [1.54, 1.807) is 0 Å². The molecule has 0 aromatic carbocycles. The lowest BCUT2D eigenvalue weighted by Crippen LogP contribution is -2.44. The number of Topliss-reactive ketones (excluding diaryl/α,β-unsaturated/α-hetero) is 1. The zero-order valence-electron chi connectivity index (χ0n) is 18.3. The van der Waals surface area contributed by atoms with Crippen molar-refractivity contribution in [2.45, 2.75) is 45.6 Å². The minimum absolute atomic E-state index is 0.00738. The van der Waals surface area contributed by atoms with E-state index < -0.39 is 0 Å². The summed E-state index contributed by atoms with van der Waals surface area (Å²) in [7, 11) is 4.00. The van der Waals surface area contributed by atoms with Gasteiger partial charge in [0.2, 0.25) is 0 Å². The summed E-state index contributed by atoms with van der Waals surface area (Å²) >= 11 is 0. The van der Waals surface area contributed by atoms with Crippen LogP contribution in [0.1, 0.15) is 56.9 Å². The third kappa shape index (κ3) is 2.58. The summed E-state index contributed by atoms with van der Waals surface area (Å²) in [5.74, 6) is 2.69. The van der Waals surface area contributed by atoms with Gasteiger partial charge in [-0.05, 0) is 55.8 Å². The molecule has 2 fully saturated rings. The molecule has 1 unspecified atom stereocenters. The number of ketones is 1. The second kappa shape index (κ2) is 7.26. The van der Waals surface area contributed by atoms with Crippen LogP contribution in [0.3, 0.4) is 0 Å². The fourth-order valence-electron chi connectivity index (χ4n) is 6.77. The van der Waals surface area contributed by atoms with E-state index in [1.165, 1.54) is 0 Å². The topological polar surface area (TPSA) is 75.8 Å².